The highest BCUT2D eigenvalue weighted by Crippen LogP contribution is 2.25. The van der Waals surface area contributed by atoms with E-state index in [0.717, 1.165) is 12.1 Å². The molecule has 0 radical (unpaired) electrons. The van der Waals surface area contributed by atoms with Gasteiger partial charge in [0.1, 0.15) is 0 Å². The van der Waals surface area contributed by atoms with Gasteiger partial charge < -0.3 is 5.11 Å². The summed E-state index contributed by atoms with van der Waals surface area (Å²) in [6.45, 7) is -0.508. The fraction of sp³-hybridized carbons (Fsp3) is 0.143. The average Bonchev–Trinajstić information content (AvgIpc) is 2.14. The van der Waals surface area contributed by atoms with Crippen LogP contribution in [0.3, 0.4) is 0 Å². The third-order valence-corrected chi connectivity index (χ3v) is 1.47. The Morgan fingerprint density at radius 1 is 1.46 bits per heavy atom. The van der Waals surface area contributed by atoms with Crippen LogP contribution in [0.15, 0.2) is 17.2 Å². The molecule has 1 aromatic rings. The van der Waals surface area contributed by atoms with Crippen molar-refractivity contribution in [2.24, 2.45) is 5.11 Å². The Hall–Kier alpha value is -1.65. The summed E-state index contributed by atoms with van der Waals surface area (Å²) in [6.07, 6.45) is 0. The Morgan fingerprint density at radius 3 is 2.69 bits per heavy atom. The van der Waals surface area contributed by atoms with E-state index in [1.807, 2.05) is 0 Å². The highest BCUT2D eigenvalue weighted by Gasteiger charge is 2.10. The maximum Gasteiger partial charge on any atom is 0.168 e. The standard InChI is InChI=1S/C7H5F2N3O/c8-5-2-1-4(3-13)7(6(5)9)11-12-10/h1-2,13H,3H2. The first-order valence-electron chi connectivity index (χ1n) is 3.33. The second kappa shape index (κ2) is 3.84. The second-order valence-electron chi connectivity index (χ2n) is 2.22. The maximum atomic E-state index is 12.9. The Bertz CT molecular complexity index is 374. The van der Waals surface area contributed by atoms with Crippen molar-refractivity contribution >= 4 is 5.69 Å². The summed E-state index contributed by atoms with van der Waals surface area (Å²) in [6, 6.07) is 2.01. The zero-order chi connectivity index (χ0) is 9.84. The van der Waals surface area contributed by atoms with Gasteiger partial charge in [-0.1, -0.05) is 11.2 Å². The van der Waals surface area contributed by atoms with Crippen LogP contribution in [-0.4, -0.2) is 5.11 Å². The van der Waals surface area contributed by atoms with Crippen molar-refractivity contribution in [3.63, 3.8) is 0 Å². The van der Waals surface area contributed by atoms with E-state index in [-0.39, 0.29) is 5.56 Å². The molecule has 1 aromatic carbocycles. The summed E-state index contributed by atoms with van der Waals surface area (Å²) >= 11 is 0. The van der Waals surface area contributed by atoms with Crippen molar-refractivity contribution in [3.8, 4) is 0 Å². The SMILES string of the molecule is [N-]=[N+]=Nc1c(CO)ccc(F)c1F. The first kappa shape index (κ1) is 9.44. The maximum absolute atomic E-state index is 12.9. The lowest BCUT2D eigenvalue weighted by Crippen LogP contribution is -1.90. The molecule has 4 nitrogen and oxygen atoms in total. The fourth-order valence-electron chi connectivity index (χ4n) is 0.860. The molecule has 68 valence electrons. The van der Waals surface area contributed by atoms with E-state index in [1.54, 1.807) is 0 Å². The third-order valence-electron chi connectivity index (χ3n) is 1.47. The van der Waals surface area contributed by atoms with Gasteiger partial charge in [0.25, 0.3) is 0 Å². The van der Waals surface area contributed by atoms with E-state index >= 15 is 0 Å². The van der Waals surface area contributed by atoms with E-state index in [4.69, 9.17) is 10.6 Å². The number of halogens is 2. The summed E-state index contributed by atoms with van der Waals surface area (Å²) in [4.78, 5) is 2.32. The highest BCUT2D eigenvalue weighted by molar-refractivity contribution is 5.47. The summed E-state index contributed by atoms with van der Waals surface area (Å²) in [5.41, 5.74) is 7.60. The molecule has 0 saturated carbocycles. The van der Waals surface area contributed by atoms with Crippen LogP contribution in [0.1, 0.15) is 5.56 Å². The average molecular weight is 185 g/mol. The molecule has 0 fully saturated rings. The number of azide groups is 1. The minimum absolute atomic E-state index is 0.0525. The molecule has 0 amide bonds. The van der Waals surface area contributed by atoms with Crippen LogP contribution in [-0.2, 0) is 6.61 Å². The number of hydrogen-bond donors (Lipinski definition) is 1. The number of nitrogens with zero attached hydrogens (tertiary/aromatic N) is 3. The minimum Gasteiger partial charge on any atom is -0.392 e. The van der Waals surface area contributed by atoms with Gasteiger partial charge in [-0.25, -0.2) is 8.78 Å². The third kappa shape index (κ3) is 1.74. The lowest BCUT2D eigenvalue weighted by Gasteiger charge is -2.02. The summed E-state index contributed by atoms with van der Waals surface area (Å²) in [5, 5.41) is 11.6. The normalized spacial score (nSPS) is 9.46. The molecule has 1 N–H and O–H groups in total. The molecule has 0 aromatic heterocycles. The van der Waals surface area contributed by atoms with E-state index < -0.39 is 23.9 Å². The fourth-order valence-corrected chi connectivity index (χ4v) is 0.860. The molecule has 6 heteroatoms. The smallest absolute Gasteiger partial charge is 0.168 e. The Labute approximate surface area is 72.1 Å². The van der Waals surface area contributed by atoms with Crippen molar-refractivity contribution in [1.29, 1.82) is 0 Å². The van der Waals surface area contributed by atoms with Gasteiger partial charge in [0.15, 0.2) is 11.6 Å². The predicted molar refractivity (Wildman–Crippen MR) is 41.1 cm³/mol. The number of aliphatic hydroxyl groups is 1. The molecule has 0 aliphatic heterocycles. The molecule has 0 saturated heterocycles. The van der Waals surface area contributed by atoms with E-state index in [0.29, 0.717) is 0 Å². The first-order valence-corrected chi connectivity index (χ1v) is 3.33. The molecule has 0 aliphatic carbocycles. The highest BCUT2D eigenvalue weighted by atomic mass is 19.2. The van der Waals surface area contributed by atoms with Crippen molar-refractivity contribution in [3.05, 3.63) is 39.8 Å². The lowest BCUT2D eigenvalue weighted by molar-refractivity contribution is 0.281. The molecular weight excluding hydrogens is 180 g/mol. The lowest BCUT2D eigenvalue weighted by atomic mass is 10.2. The van der Waals surface area contributed by atoms with Crippen LogP contribution in [0, 0.1) is 11.6 Å². The zero-order valence-corrected chi connectivity index (χ0v) is 6.41. The van der Waals surface area contributed by atoms with Crippen molar-refractivity contribution in [1.82, 2.24) is 0 Å². The molecule has 0 aliphatic rings. The zero-order valence-electron chi connectivity index (χ0n) is 6.41. The van der Waals surface area contributed by atoms with E-state index in [1.165, 1.54) is 0 Å². The number of hydrogen-bond acceptors (Lipinski definition) is 2. The van der Waals surface area contributed by atoms with E-state index in [2.05, 4.69) is 10.0 Å². The van der Waals surface area contributed by atoms with Gasteiger partial charge in [-0.15, -0.1) is 0 Å². The molecule has 13 heavy (non-hydrogen) atoms. The molecule has 0 atom stereocenters. The quantitative estimate of drug-likeness (QED) is 0.429. The van der Waals surface area contributed by atoms with Gasteiger partial charge in [0, 0.05) is 4.91 Å². The molecule has 0 unspecified atom stereocenters. The Kier molecular flexibility index (Phi) is 2.79. The van der Waals surface area contributed by atoms with Gasteiger partial charge in [-0.3, -0.25) is 0 Å². The molecule has 0 bridgehead atoms. The number of benzene rings is 1. The van der Waals surface area contributed by atoms with Crippen molar-refractivity contribution in [2.45, 2.75) is 6.61 Å². The van der Waals surface area contributed by atoms with Crippen molar-refractivity contribution < 1.29 is 13.9 Å². The molecular formula is C7H5F2N3O. The number of rotatable bonds is 2. The van der Waals surface area contributed by atoms with Crippen LogP contribution < -0.4 is 0 Å². The van der Waals surface area contributed by atoms with Gasteiger partial charge in [0.2, 0.25) is 0 Å². The van der Waals surface area contributed by atoms with Gasteiger partial charge in [0.05, 0.1) is 12.3 Å². The Balaban J connectivity index is 3.40. The van der Waals surface area contributed by atoms with Crippen LogP contribution >= 0.6 is 0 Å². The molecule has 0 spiro atoms. The minimum atomic E-state index is -1.25. The van der Waals surface area contributed by atoms with Gasteiger partial charge in [-0.2, -0.15) is 0 Å². The largest absolute Gasteiger partial charge is 0.392 e. The molecule has 0 heterocycles. The van der Waals surface area contributed by atoms with Crippen LogP contribution in [0.25, 0.3) is 10.4 Å². The second-order valence-corrected chi connectivity index (χ2v) is 2.22. The van der Waals surface area contributed by atoms with Crippen LogP contribution in [0.2, 0.25) is 0 Å². The van der Waals surface area contributed by atoms with Gasteiger partial charge >= 0.3 is 0 Å². The summed E-state index contributed by atoms with van der Waals surface area (Å²) < 4.78 is 25.5. The summed E-state index contributed by atoms with van der Waals surface area (Å²) in [5.74, 6) is -2.36. The first-order chi connectivity index (χ1) is 6.20. The van der Waals surface area contributed by atoms with Crippen molar-refractivity contribution in [2.75, 3.05) is 0 Å². The van der Waals surface area contributed by atoms with Crippen LogP contribution in [0.4, 0.5) is 14.5 Å². The van der Waals surface area contributed by atoms with Crippen LogP contribution in [0.5, 0.6) is 0 Å². The molecule has 1 rings (SSSR count). The summed E-state index contributed by atoms with van der Waals surface area (Å²) in [7, 11) is 0. The monoisotopic (exact) mass is 185 g/mol. The number of aliphatic hydroxyl groups excluding tert-OH is 1. The predicted octanol–water partition coefficient (Wildman–Crippen LogP) is 2.40. The van der Waals surface area contributed by atoms with E-state index in [9.17, 15) is 8.78 Å². The Morgan fingerprint density at radius 2 is 2.15 bits per heavy atom. The van der Waals surface area contributed by atoms with Gasteiger partial charge in [-0.05, 0) is 17.2 Å². The topological polar surface area (TPSA) is 69.0 Å².